The molecule has 2 aliphatic rings. The van der Waals surface area contributed by atoms with E-state index in [2.05, 4.69) is 21.2 Å². The molecule has 2 N–H and O–H groups in total. The van der Waals surface area contributed by atoms with Crippen LogP contribution in [0, 0.1) is 0 Å². The number of nitrogens with zero attached hydrogens (tertiary/aromatic N) is 1. The Morgan fingerprint density at radius 3 is 2.74 bits per heavy atom. The van der Waals surface area contributed by atoms with Crippen LogP contribution in [0.3, 0.4) is 0 Å². The Hall–Kier alpha value is -3.03. The molecule has 7 heteroatoms. The van der Waals surface area contributed by atoms with Gasteiger partial charge in [0, 0.05) is 33.8 Å². The van der Waals surface area contributed by atoms with Crippen LogP contribution in [0.15, 0.2) is 70.1 Å². The van der Waals surface area contributed by atoms with Gasteiger partial charge in [0.05, 0.1) is 7.11 Å². The standard InChI is InChI=1S/C24H21BrN2O4/c1-29-21-5-3-2-4-16(21)24-26-18(14-6-9-22-23(10-14)31-13-30-22)12-19(27-24)17-11-15(25)7-8-20(17)28/h2-11,19,24,27-28H,12-13H2,1H3/t19-,24-/m1/s1. The van der Waals surface area contributed by atoms with E-state index in [4.69, 9.17) is 19.2 Å². The molecule has 0 bridgehead atoms. The molecule has 0 spiro atoms. The van der Waals surface area contributed by atoms with Crippen LogP contribution in [0.1, 0.15) is 35.3 Å². The number of phenolic OH excluding ortho intramolecular Hbond substituents is 1. The largest absolute Gasteiger partial charge is 0.508 e. The maximum atomic E-state index is 10.6. The highest BCUT2D eigenvalue weighted by Crippen LogP contribution is 2.39. The lowest BCUT2D eigenvalue weighted by Gasteiger charge is -2.31. The smallest absolute Gasteiger partial charge is 0.231 e. The summed E-state index contributed by atoms with van der Waals surface area (Å²) < 4.78 is 17.5. The molecular weight excluding hydrogens is 460 g/mol. The second-order valence-corrected chi connectivity index (χ2v) is 8.33. The molecule has 158 valence electrons. The van der Waals surface area contributed by atoms with Crippen molar-refractivity contribution < 1.29 is 19.3 Å². The van der Waals surface area contributed by atoms with Crippen LogP contribution < -0.4 is 19.5 Å². The first-order chi connectivity index (χ1) is 15.1. The SMILES string of the molecule is COc1ccccc1[C@@H]1N=C(c2ccc3c(c2)OCO3)C[C@H](c2cc(Br)ccc2O)N1. The van der Waals surface area contributed by atoms with Crippen LogP contribution >= 0.6 is 15.9 Å². The maximum Gasteiger partial charge on any atom is 0.231 e. The van der Waals surface area contributed by atoms with Crippen molar-refractivity contribution in [3.05, 3.63) is 81.8 Å². The molecular formula is C24H21BrN2O4. The zero-order chi connectivity index (χ0) is 21.4. The number of para-hydroxylation sites is 1. The van der Waals surface area contributed by atoms with Gasteiger partial charge in [-0.3, -0.25) is 10.3 Å². The van der Waals surface area contributed by atoms with Crippen molar-refractivity contribution in [3.63, 3.8) is 0 Å². The fourth-order valence-electron chi connectivity index (χ4n) is 4.01. The fourth-order valence-corrected chi connectivity index (χ4v) is 4.39. The summed E-state index contributed by atoms with van der Waals surface area (Å²) in [5.41, 5.74) is 3.62. The van der Waals surface area contributed by atoms with E-state index in [1.165, 1.54) is 0 Å². The number of hydrogen-bond donors (Lipinski definition) is 2. The quantitative estimate of drug-likeness (QED) is 0.542. The van der Waals surface area contributed by atoms with Crippen molar-refractivity contribution in [2.75, 3.05) is 13.9 Å². The molecule has 0 amide bonds. The molecule has 0 fully saturated rings. The Balaban J connectivity index is 1.59. The molecule has 0 aliphatic carbocycles. The van der Waals surface area contributed by atoms with E-state index in [0.29, 0.717) is 6.42 Å². The van der Waals surface area contributed by atoms with Gasteiger partial charge >= 0.3 is 0 Å². The van der Waals surface area contributed by atoms with E-state index in [1.54, 1.807) is 13.2 Å². The van der Waals surface area contributed by atoms with E-state index in [9.17, 15) is 5.11 Å². The number of nitrogens with one attached hydrogen (secondary N) is 1. The molecule has 6 nitrogen and oxygen atoms in total. The predicted octanol–water partition coefficient (Wildman–Crippen LogP) is 5.11. The topological polar surface area (TPSA) is 72.3 Å². The van der Waals surface area contributed by atoms with Gasteiger partial charge in [-0.2, -0.15) is 0 Å². The van der Waals surface area contributed by atoms with Gasteiger partial charge in [-0.25, -0.2) is 0 Å². The van der Waals surface area contributed by atoms with Crippen LogP contribution in [-0.4, -0.2) is 24.7 Å². The van der Waals surface area contributed by atoms with Crippen molar-refractivity contribution in [2.45, 2.75) is 18.6 Å². The summed E-state index contributed by atoms with van der Waals surface area (Å²) in [4.78, 5) is 5.02. The zero-order valence-electron chi connectivity index (χ0n) is 16.8. The van der Waals surface area contributed by atoms with Crippen LogP contribution in [0.5, 0.6) is 23.0 Å². The van der Waals surface area contributed by atoms with Crippen molar-refractivity contribution in [2.24, 2.45) is 4.99 Å². The third-order valence-corrected chi connectivity index (χ3v) is 6.04. The lowest BCUT2D eigenvalue weighted by molar-refractivity contribution is 0.174. The van der Waals surface area contributed by atoms with Crippen LogP contribution in [0.25, 0.3) is 0 Å². The van der Waals surface area contributed by atoms with Crippen molar-refractivity contribution in [3.8, 4) is 23.0 Å². The monoisotopic (exact) mass is 480 g/mol. The second kappa shape index (κ2) is 8.24. The van der Waals surface area contributed by atoms with Crippen LogP contribution in [-0.2, 0) is 0 Å². The molecule has 0 aromatic heterocycles. The average molecular weight is 481 g/mol. The number of aromatic hydroxyl groups is 1. The van der Waals surface area contributed by atoms with Crippen LogP contribution in [0.2, 0.25) is 0 Å². The van der Waals surface area contributed by atoms with Gasteiger partial charge in [0.1, 0.15) is 17.7 Å². The lowest BCUT2D eigenvalue weighted by atomic mass is 9.93. The molecule has 0 saturated heterocycles. The third kappa shape index (κ3) is 3.86. The lowest BCUT2D eigenvalue weighted by Crippen LogP contribution is -2.33. The summed E-state index contributed by atoms with van der Waals surface area (Å²) in [5.74, 6) is 2.45. The Morgan fingerprint density at radius 1 is 1.03 bits per heavy atom. The summed E-state index contributed by atoms with van der Waals surface area (Å²) in [7, 11) is 1.65. The summed E-state index contributed by atoms with van der Waals surface area (Å²) in [6.45, 7) is 0.227. The molecule has 0 saturated carbocycles. The van der Waals surface area contributed by atoms with E-state index >= 15 is 0 Å². The molecule has 2 atom stereocenters. The van der Waals surface area contributed by atoms with Gasteiger partial charge in [-0.05, 0) is 48.0 Å². The first-order valence-electron chi connectivity index (χ1n) is 9.96. The molecule has 3 aromatic rings. The molecule has 5 rings (SSSR count). The van der Waals surface area contributed by atoms with Gasteiger partial charge in [0.25, 0.3) is 0 Å². The van der Waals surface area contributed by atoms with Gasteiger partial charge in [-0.15, -0.1) is 0 Å². The number of phenols is 1. The molecule has 0 radical (unpaired) electrons. The summed E-state index contributed by atoms with van der Waals surface area (Å²) in [6, 6.07) is 19.0. The fraction of sp³-hybridized carbons (Fsp3) is 0.208. The number of hydrogen-bond acceptors (Lipinski definition) is 6. The Labute approximate surface area is 188 Å². The van der Waals surface area contributed by atoms with E-state index in [-0.39, 0.29) is 24.8 Å². The van der Waals surface area contributed by atoms with Gasteiger partial charge < -0.3 is 19.3 Å². The minimum atomic E-state index is -0.339. The van der Waals surface area contributed by atoms with E-state index < -0.39 is 0 Å². The first-order valence-corrected chi connectivity index (χ1v) is 10.8. The summed E-state index contributed by atoms with van der Waals surface area (Å²) in [6.07, 6.45) is 0.267. The van der Waals surface area contributed by atoms with E-state index in [0.717, 1.165) is 44.1 Å². The normalized spacial score (nSPS) is 19.7. The number of methoxy groups -OCH3 is 1. The molecule has 2 heterocycles. The highest BCUT2D eigenvalue weighted by molar-refractivity contribution is 9.10. The second-order valence-electron chi connectivity index (χ2n) is 7.41. The highest BCUT2D eigenvalue weighted by atomic mass is 79.9. The van der Waals surface area contributed by atoms with Gasteiger partial charge in [-0.1, -0.05) is 34.1 Å². The Kier molecular flexibility index (Phi) is 5.29. The highest BCUT2D eigenvalue weighted by Gasteiger charge is 2.30. The van der Waals surface area contributed by atoms with E-state index in [1.807, 2.05) is 54.6 Å². The van der Waals surface area contributed by atoms with Crippen molar-refractivity contribution >= 4 is 21.6 Å². The summed E-state index contributed by atoms with van der Waals surface area (Å²) >= 11 is 3.52. The van der Waals surface area contributed by atoms with Crippen molar-refractivity contribution in [1.29, 1.82) is 0 Å². The molecule has 0 unspecified atom stereocenters. The number of halogens is 1. The molecule has 3 aromatic carbocycles. The number of ether oxygens (including phenoxy) is 3. The van der Waals surface area contributed by atoms with Crippen LogP contribution in [0.4, 0.5) is 0 Å². The minimum absolute atomic E-state index is 0.148. The molecule has 31 heavy (non-hydrogen) atoms. The first kappa shape index (κ1) is 19.9. The minimum Gasteiger partial charge on any atom is -0.508 e. The number of rotatable bonds is 4. The van der Waals surface area contributed by atoms with Crippen molar-refractivity contribution in [1.82, 2.24) is 5.32 Å². The Bertz CT molecular complexity index is 1160. The van der Waals surface area contributed by atoms with Gasteiger partial charge in [0.15, 0.2) is 11.5 Å². The number of fused-ring (bicyclic) bond motifs is 1. The maximum absolute atomic E-state index is 10.6. The Morgan fingerprint density at radius 2 is 1.87 bits per heavy atom. The molecule has 2 aliphatic heterocycles. The third-order valence-electron chi connectivity index (χ3n) is 5.55. The predicted molar refractivity (Wildman–Crippen MR) is 121 cm³/mol. The number of aliphatic imine (C=N–C) groups is 1. The summed E-state index contributed by atoms with van der Waals surface area (Å²) in [5, 5.41) is 14.1. The van der Waals surface area contributed by atoms with Gasteiger partial charge in [0.2, 0.25) is 6.79 Å². The zero-order valence-corrected chi connectivity index (χ0v) is 18.4. The average Bonchev–Trinajstić information content (AvgIpc) is 3.28. The number of benzene rings is 3.